The van der Waals surface area contributed by atoms with Crippen molar-refractivity contribution in [3.63, 3.8) is 0 Å². The maximum absolute atomic E-state index is 5.35. The van der Waals surface area contributed by atoms with E-state index in [1.807, 2.05) is 26.0 Å². The highest BCUT2D eigenvalue weighted by molar-refractivity contribution is 5.42. The fourth-order valence-corrected chi connectivity index (χ4v) is 1.32. The first kappa shape index (κ1) is 9.71. The van der Waals surface area contributed by atoms with Crippen molar-refractivity contribution in [1.82, 2.24) is 9.97 Å². The minimum absolute atomic E-state index is 0.595. The Kier molecular flexibility index (Phi) is 2.67. The van der Waals surface area contributed by atoms with Gasteiger partial charge in [0.2, 0.25) is 5.89 Å². The average Bonchev–Trinajstić information content (AvgIpc) is 2.62. The lowest BCUT2D eigenvalue weighted by Gasteiger charge is -2.03. The van der Waals surface area contributed by atoms with Crippen molar-refractivity contribution in [2.75, 3.05) is 5.32 Å². The molecule has 2 aromatic heterocycles. The molecule has 15 heavy (non-hydrogen) atoms. The van der Waals surface area contributed by atoms with Gasteiger partial charge in [-0.2, -0.15) is 0 Å². The molecule has 4 nitrogen and oxygen atoms in total. The van der Waals surface area contributed by atoms with Crippen LogP contribution in [0.4, 0.5) is 5.69 Å². The van der Waals surface area contributed by atoms with Gasteiger partial charge < -0.3 is 9.73 Å². The number of aromatic nitrogens is 2. The van der Waals surface area contributed by atoms with Crippen LogP contribution in [-0.2, 0) is 6.54 Å². The molecule has 0 aliphatic heterocycles. The maximum atomic E-state index is 5.35. The molecule has 0 atom stereocenters. The Morgan fingerprint density at radius 2 is 2.20 bits per heavy atom. The van der Waals surface area contributed by atoms with Crippen molar-refractivity contribution in [2.24, 2.45) is 0 Å². The van der Waals surface area contributed by atoms with E-state index in [9.17, 15) is 0 Å². The van der Waals surface area contributed by atoms with E-state index in [-0.39, 0.29) is 0 Å². The minimum Gasteiger partial charge on any atom is -0.444 e. The second-order valence-corrected chi connectivity index (χ2v) is 3.40. The number of anilines is 1. The van der Waals surface area contributed by atoms with E-state index < -0.39 is 0 Å². The summed E-state index contributed by atoms with van der Waals surface area (Å²) < 4.78 is 5.35. The summed E-state index contributed by atoms with van der Waals surface area (Å²) in [5.74, 6) is 1.53. The summed E-state index contributed by atoms with van der Waals surface area (Å²) in [5, 5.41) is 3.22. The molecule has 0 aliphatic carbocycles. The number of oxazole rings is 1. The van der Waals surface area contributed by atoms with Crippen LogP contribution in [0.2, 0.25) is 0 Å². The lowest BCUT2D eigenvalue weighted by Crippen LogP contribution is -1.99. The molecular formula is C11H13N3O. The molecule has 2 aromatic rings. The lowest BCUT2D eigenvalue weighted by atomic mass is 10.3. The predicted octanol–water partition coefficient (Wildman–Crippen LogP) is 2.30. The topological polar surface area (TPSA) is 51.0 Å². The fourth-order valence-electron chi connectivity index (χ4n) is 1.32. The molecule has 0 amide bonds. The van der Waals surface area contributed by atoms with Gasteiger partial charge in [0.25, 0.3) is 0 Å². The molecule has 0 aromatic carbocycles. The average molecular weight is 203 g/mol. The summed E-state index contributed by atoms with van der Waals surface area (Å²) >= 11 is 0. The molecular weight excluding hydrogens is 190 g/mol. The van der Waals surface area contributed by atoms with E-state index in [1.165, 1.54) is 0 Å². The van der Waals surface area contributed by atoms with Gasteiger partial charge in [0.05, 0.1) is 12.7 Å². The number of aryl methyl sites for hydroxylation is 2. The largest absolute Gasteiger partial charge is 0.444 e. The highest BCUT2D eigenvalue weighted by atomic mass is 16.4. The van der Waals surface area contributed by atoms with Gasteiger partial charge in [-0.05, 0) is 26.0 Å². The number of nitrogens with one attached hydrogen (secondary N) is 1. The summed E-state index contributed by atoms with van der Waals surface area (Å²) in [4.78, 5) is 8.23. The Morgan fingerprint density at radius 3 is 2.87 bits per heavy atom. The lowest BCUT2D eigenvalue weighted by molar-refractivity contribution is 0.479. The molecule has 0 saturated carbocycles. The molecule has 2 heterocycles. The van der Waals surface area contributed by atoms with E-state index >= 15 is 0 Å². The van der Waals surface area contributed by atoms with Crippen LogP contribution in [-0.4, -0.2) is 9.97 Å². The van der Waals surface area contributed by atoms with E-state index in [1.54, 1.807) is 12.4 Å². The second-order valence-electron chi connectivity index (χ2n) is 3.40. The van der Waals surface area contributed by atoms with Gasteiger partial charge >= 0.3 is 0 Å². The van der Waals surface area contributed by atoms with Gasteiger partial charge in [-0.15, -0.1) is 0 Å². The number of hydrogen-bond acceptors (Lipinski definition) is 4. The Labute approximate surface area is 88.4 Å². The highest BCUT2D eigenvalue weighted by Gasteiger charge is 2.00. The van der Waals surface area contributed by atoms with Crippen LogP contribution < -0.4 is 5.32 Å². The summed E-state index contributed by atoms with van der Waals surface area (Å²) in [5.41, 5.74) is 2.02. The minimum atomic E-state index is 0.595. The molecule has 78 valence electrons. The molecule has 0 radical (unpaired) electrons. The molecule has 0 fully saturated rings. The first-order valence-corrected chi connectivity index (χ1v) is 4.82. The van der Waals surface area contributed by atoms with Crippen LogP contribution in [0.3, 0.4) is 0 Å². The zero-order valence-corrected chi connectivity index (χ0v) is 8.82. The Hall–Kier alpha value is -1.84. The van der Waals surface area contributed by atoms with E-state index in [0.717, 1.165) is 17.1 Å². The number of hydrogen-bond donors (Lipinski definition) is 1. The SMILES string of the molecule is Cc1cc(NCc2ncc(C)o2)ccn1. The summed E-state index contributed by atoms with van der Waals surface area (Å²) in [6.45, 7) is 4.44. The second kappa shape index (κ2) is 4.13. The van der Waals surface area contributed by atoms with Gasteiger partial charge in [0, 0.05) is 17.6 Å². The quantitative estimate of drug-likeness (QED) is 0.831. The number of rotatable bonds is 3. The Balaban J connectivity index is 1.99. The van der Waals surface area contributed by atoms with Crippen LogP contribution in [0.5, 0.6) is 0 Å². The Bertz CT molecular complexity index is 451. The molecule has 0 aliphatic rings. The molecule has 0 unspecified atom stereocenters. The van der Waals surface area contributed by atoms with Crippen molar-refractivity contribution in [1.29, 1.82) is 0 Å². The monoisotopic (exact) mass is 203 g/mol. The standard InChI is InChI=1S/C11H13N3O/c1-8-5-10(3-4-12-8)13-7-11-14-6-9(2)15-11/h3-6H,7H2,1-2H3,(H,12,13). The summed E-state index contributed by atoms with van der Waals surface area (Å²) in [6, 6.07) is 3.90. The fraction of sp³-hybridized carbons (Fsp3) is 0.273. The van der Waals surface area contributed by atoms with Gasteiger partial charge in [-0.3, -0.25) is 4.98 Å². The van der Waals surface area contributed by atoms with Gasteiger partial charge in [0.1, 0.15) is 5.76 Å². The van der Waals surface area contributed by atoms with Crippen molar-refractivity contribution in [3.8, 4) is 0 Å². The van der Waals surface area contributed by atoms with E-state index in [4.69, 9.17) is 4.42 Å². The third-order valence-corrected chi connectivity index (χ3v) is 2.01. The third-order valence-electron chi connectivity index (χ3n) is 2.01. The summed E-state index contributed by atoms with van der Waals surface area (Å²) in [7, 11) is 0. The van der Waals surface area contributed by atoms with Crippen LogP contribution in [0.25, 0.3) is 0 Å². The van der Waals surface area contributed by atoms with E-state index in [0.29, 0.717) is 12.4 Å². The van der Waals surface area contributed by atoms with Gasteiger partial charge in [-0.25, -0.2) is 4.98 Å². The maximum Gasteiger partial charge on any atom is 0.213 e. The highest BCUT2D eigenvalue weighted by Crippen LogP contribution is 2.09. The van der Waals surface area contributed by atoms with Gasteiger partial charge in [0.15, 0.2) is 0 Å². The van der Waals surface area contributed by atoms with Crippen molar-refractivity contribution < 1.29 is 4.42 Å². The molecule has 2 rings (SSSR count). The van der Waals surface area contributed by atoms with Crippen molar-refractivity contribution >= 4 is 5.69 Å². The first-order valence-electron chi connectivity index (χ1n) is 4.82. The normalized spacial score (nSPS) is 10.3. The van der Waals surface area contributed by atoms with E-state index in [2.05, 4.69) is 15.3 Å². The van der Waals surface area contributed by atoms with Crippen LogP contribution >= 0.6 is 0 Å². The van der Waals surface area contributed by atoms with Gasteiger partial charge in [-0.1, -0.05) is 0 Å². The molecule has 0 bridgehead atoms. The molecule has 4 heteroatoms. The molecule has 0 spiro atoms. The van der Waals surface area contributed by atoms with Crippen LogP contribution in [0, 0.1) is 13.8 Å². The smallest absolute Gasteiger partial charge is 0.213 e. The molecule has 0 saturated heterocycles. The predicted molar refractivity (Wildman–Crippen MR) is 57.5 cm³/mol. The zero-order chi connectivity index (χ0) is 10.7. The zero-order valence-electron chi connectivity index (χ0n) is 8.82. The molecule has 1 N–H and O–H groups in total. The van der Waals surface area contributed by atoms with Crippen molar-refractivity contribution in [2.45, 2.75) is 20.4 Å². The Morgan fingerprint density at radius 1 is 1.33 bits per heavy atom. The third kappa shape index (κ3) is 2.56. The van der Waals surface area contributed by atoms with Crippen LogP contribution in [0.15, 0.2) is 28.9 Å². The number of nitrogens with zero attached hydrogens (tertiary/aromatic N) is 2. The number of pyridine rings is 1. The summed E-state index contributed by atoms with van der Waals surface area (Å²) in [6.07, 6.45) is 3.49. The van der Waals surface area contributed by atoms with Crippen LogP contribution in [0.1, 0.15) is 17.3 Å². The first-order chi connectivity index (χ1) is 7.24. The van der Waals surface area contributed by atoms with Crippen molar-refractivity contribution in [3.05, 3.63) is 41.9 Å².